The number of hydrogen-bond acceptors (Lipinski definition) is 4. The molecule has 0 radical (unpaired) electrons. The van der Waals surface area contributed by atoms with Crippen molar-refractivity contribution in [2.24, 2.45) is 0 Å². The summed E-state index contributed by atoms with van der Waals surface area (Å²) in [7, 11) is 0. The van der Waals surface area contributed by atoms with Crippen molar-refractivity contribution in [3.63, 3.8) is 0 Å². The molecule has 0 fully saturated rings. The zero-order valence-corrected chi connectivity index (χ0v) is 14.5. The highest BCUT2D eigenvalue weighted by atomic mass is 16.3. The van der Waals surface area contributed by atoms with Crippen LogP contribution in [0.4, 0.5) is 5.69 Å². The normalized spacial score (nSPS) is 13.3. The number of furan rings is 1. The number of carbonyl (C=O) groups is 2. The van der Waals surface area contributed by atoms with E-state index in [-0.39, 0.29) is 17.4 Å². The Labute approximate surface area is 156 Å². The van der Waals surface area contributed by atoms with Crippen molar-refractivity contribution in [1.82, 2.24) is 10.3 Å². The number of carbonyl (C=O) groups excluding carboxylic acids is 2. The second kappa shape index (κ2) is 7.29. The molecule has 0 saturated carbocycles. The molecule has 0 unspecified atom stereocenters. The van der Waals surface area contributed by atoms with Gasteiger partial charge < -0.3 is 14.6 Å². The van der Waals surface area contributed by atoms with Crippen molar-refractivity contribution in [3.8, 4) is 0 Å². The second-order valence-corrected chi connectivity index (χ2v) is 6.11. The van der Waals surface area contributed by atoms with Crippen LogP contribution in [0.5, 0.6) is 0 Å². The molecule has 1 aromatic carbocycles. The number of hydrogen-bond donors (Lipinski definition) is 1. The number of amides is 2. The summed E-state index contributed by atoms with van der Waals surface area (Å²) in [4.78, 5) is 31.4. The van der Waals surface area contributed by atoms with Crippen LogP contribution in [0.25, 0.3) is 6.08 Å². The molecule has 3 heterocycles. The molecular formula is C21H17N3O3. The van der Waals surface area contributed by atoms with Crippen LogP contribution in [0, 0.1) is 0 Å². The minimum atomic E-state index is -0.476. The van der Waals surface area contributed by atoms with Crippen LogP contribution in [0.2, 0.25) is 0 Å². The zero-order chi connectivity index (χ0) is 18.6. The average molecular weight is 359 g/mol. The molecule has 0 saturated heterocycles. The van der Waals surface area contributed by atoms with Crippen molar-refractivity contribution in [3.05, 3.63) is 89.8 Å². The molecule has 3 aromatic rings. The van der Waals surface area contributed by atoms with Gasteiger partial charge in [-0.25, -0.2) is 0 Å². The lowest BCUT2D eigenvalue weighted by Crippen LogP contribution is -2.37. The number of benzene rings is 1. The largest absolute Gasteiger partial charge is 0.459 e. The van der Waals surface area contributed by atoms with Gasteiger partial charge in [0.1, 0.15) is 5.70 Å². The minimum absolute atomic E-state index is 0.140. The van der Waals surface area contributed by atoms with Gasteiger partial charge >= 0.3 is 0 Å². The summed E-state index contributed by atoms with van der Waals surface area (Å²) in [6, 6.07) is 14.5. The molecule has 0 bridgehead atoms. The summed E-state index contributed by atoms with van der Waals surface area (Å²) in [5, 5.41) is 2.68. The zero-order valence-electron chi connectivity index (χ0n) is 14.5. The molecule has 0 spiro atoms. The smallest absolute Gasteiger partial charge is 0.291 e. The highest BCUT2D eigenvalue weighted by molar-refractivity contribution is 6.12. The van der Waals surface area contributed by atoms with Crippen molar-refractivity contribution in [1.29, 1.82) is 0 Å². The van der Waals surface area contributed by atoms with Crippen molar-refractivity contribution in [2.75, 3.05) is 11.4 Å². The summed E-state index contributed by atoms with van der Waals surface area (Å²) in [5.41, 5.74) is 2.87. The molecule has 0 aliphatic carbocycles. The fraction of sp³-hybridized carbons (Fsp3) is 0.0952. The van der Waals surface area contributed by atoms with E-state index < -0.39 is 5.91 Å². The van der Waals surface area contributed by atoms with Gasteiger partial charge in [0.25, 0.3) is 11.8 Å². The van der Waals surface area contributed by atoms with Crippen LogP contribution in [0.15, 0.2) is 77.3 Å². The van der Waals surface area contributed by atoms with Gasteiger partial charge in [0.2, 0.25) is 0 Å². The first-order valence-electron chi connectivity index (χ1n) is 8.59. The Morgan fingerprint density at radius 2 is 2.00 bits per heavy atom. The minimum Gasteiger partial charge on any atom is -0.459 e. The quantitative estimate of drug-likeness (QED) is 0.727. The molecule has 1 N–H and O–H groups in total. The van der Waals surface area contributed by atoms with Crippen molar-refractivity contribution < 1.29 is 14.0 Å². The van der Waals surface area contributed by atoms with E-state index in [2.05, 4.69) is 10.3 Å². The van der Waals surface area contributed by atoms with Crippen LogP contribution in [-0.4, -0.2) is 23.3 Å². The van der Waals surface area contributed by atoms with Gasteiger partial charge in [-0.15, -0.1) is 0 Å². The molecule has 0 atom stereocenters. The molecule has 1 aliphatic heterocycles. The third kappa shape index (κ3) is 3.50. The van der Waals surface area contributed by atoms with Crippen molar-refractivity contribution >= 4 is 23.6 Å². The molecule has 1 aliphatic rings. The monoisotopic (exact) mass is 359 g/mol. The number of fused-ring (bicyclic) bond motifs is 1. The van der Waals surface area contributed by atoms with Crippen molar-refractivity contribution in [2.45, 2.75) is 6.42 Å². The average Bonchev–Trinajstić information content (AvgIpc) is 3.38. The Bertz CT molecular complexity index is 995. The van der Waals surface area contributed by atoms with E-state index in [1.807, 2.05) is 30.3 Å². The second-order valence-electron chi connectivity index (χ2n) is 6.11. The number of nitrogens with one attached hydrogen (secondary N) is 1. The van der Waals surface area contributed by atoms with Gasteiger partial charge in [0, 0.05) is 24.6 Å². The summed E-state index contributed by atoms with van der Waals surface area (Å²) in [6.45, 7) is 0.569. The Balaban J connectivity index is 1.66. The number of anilines is 1. The van der Waals surface area contributed by atoms with E-state index in [1.165, 1.54) is 6.26 Å². The first-order valence-corrected chi connectivity index (χ1v) is 8.59. The molecule has 4 rings (SSSR count). The van der Waals surface area contributed by atoms with Gasteiger partial charge in [0.15, 0.2) is 5.76 Å². The Kier molecular flexibility index (Phi) is 4.53. The SMILES string of the molecule is O=C(NC(=Cc1cccnc1)C(=O)N1CCc2ccccc21)c1ccco1. The lowest BCUT2D eigenvalue weighted by atomic mass is 10.2. The summed E-state index contributed by atoms with van der Waals surface area (Å²) < 4.78 is 5.13. The summed E-state index contributed by atoms with van der Waals surface area (Å²) in [6.07, 6.45) is 7.10. The predicted octanol–water partition coefficient (Wildman–Crippen LogP) is 3.03. The van der Waals surface area contributed by atoms with Gasteiger partial charge in [-0.1, -0.05) is 24.3 Å². The molecule has 6 nitrogen and oxygen atoms in total. The van der Waals surface area contributed by atoms with E-state index in [0.29, 0.717) is 12.1 Å². The summed E-state index contributed by atoms with van der Waals surface area (Å²) in [5.74, 6) is -0.610. The lowest BCUT2D eigenvalue weighted by Gasteiger charge is -2.19. The summed E-state index contributed by atoms with van der Waals surface area (Å²) >= 11 is 0. The highest BCUT2D eigenvalue weighted by Crippen LogP contribution is 2.28. The lowest BCUT2D eigenvalue weighted by molar-refractivity contribution is -0.115. The van der Waals surface area contributed by atoms with E-state index in [4.69, 9.17) is 4.42 Å². The van der Waals surface area contributed by atoms with Crippen LogP contribution >= 0.6 is 0 Å². The van der Waals surface area contributed by atoms with Gasteiger partial charge in [-0.05, 0) is 47.9 Å². The number of para-hydroxylation sites is 1. The molecule has 2 aromatic heterocycles. The van der Waals surface area contributed by atoms with Crippen LogP contribution in [0.1, 0.15) is 21.7 Å². The van der Waals surface area contributed by atoms with E-state index in [0.717, 1.165) is 17.7 Å². The van der Waals surface area contributed by atoms with E-state index in [9.17, 15) is 9.59 Å². The predicted molar refractivity (Wildman–Crippen MR) is 101 cm³/mol. The number of rotatable bonds is 4. The van der Waals surface area contributed by atoms with Crippen LogP contribution in [0.3, 0.4) is 0 Å². The van der Waals surface area contributed by atoms with Gasteiger partial charge in [-0.2, -0.15) is 0 Å². The maximum Gasteiger partial charge on any atom is 0.291 e. The fourth-order valence-electron chi connectivity index (χ4n) is 3.07. The van der Waals surface area contributed by atoms with Gasteiger partial charge in [-0.3, -0.25) is 14.6 Å². The highest BCUT2D eigenvalue weighted by Gasteiger charge is 2.28. The third-order valence-corrected chi connectivity index (χ3v) is 4.35. The number of nitrogens with zero attached hydrogens (tertiary/aromatic N) is 2. The molecule has 6 heteroatoms. The van der Waals surface area contributed by atoms with E-state index in [1.54, 1.807) is 41.6 Å². The first kappa shape index (κ1) is 16.8. The molecule has 27 heavy (non-hydrogen) atoms. The standard InChI is InChI=1S/C21H17N3O3/c25-20(19-8-4-12-27-19)23-17(13-15-5-3-10-22-14-15)21(26)24-11-9-16-6-1-2-7-18(16)24/h1-8,10,12-14H,9,11H2,(H,23,25). The molecular weight excluding hydrogens is 342 g/mol. The molecule has 134 valence electrons. The Hall–Kier alpha value is -3.67. The molecule has 2 amide bonds. The fourth-order valence-corrected chi connectivity index (χ4v) is 3.07. The van der Waals surface area contributed by atoms with Crippen LogP contribution < -0.4 is 10.2 Å². The van der Waals surface area contributed by atoms with Gasteiger partial charge in [0.05, 0.1) is 6.26 Å². The maximum absolute atomic E-state index is 13.2. The Morgan fingerprint density at radius 1 is 1.11 bits per heavy atom. The number of pyridine rings is 1. The first-order chi connectivity index (χ1) is 13.2. The third-order valence-electron chi connectivity index (χ3n) is 4.35. The van der Waals surface area contributed by atoms with Crippen LogP contribution in [-0.2, 0) is 11.2 Å². The maximum atomic E-state index is 13.2. The topological polar surface area (TPSA) is 75.4 Å². The number of aromatic nitrogens is 1. The van der Waals surface area contributed by atoms with E-state index >= 15 is 0 Å². The Morgan fingerprint density at radius 3 is 2.78 bits per heavy atom.